The fraction of sp³-hybridized carbons (Fsp3) is 0.105. The van der Waals surface area contributed by atoms with Crippen molar-refractivity contribution >= 4 is 18.5 Å². The zero-order chi connectivity index (χ0) is 19.2. The number of nitrogens with one attached hydrogen (secondary N) is 1. The SMILES string of the molecule is O=C(NCc1cccc(B(O)O)c1)c1cccn(Cc2cccnc2)c1=O. The fourth-order valence-electron chi connectivity index (χ4n) is 2.66. The number of aromatic nitrogens is 2. The number of nitrogens with zero attached hydrogens (tertiary/aromatic N) is 2. The molecule has 0 aliphatic heterocycles. The Labute approximate surface area is 156 Å². The van der Waals surface area contributed by atoms with Crippen molar-refractivity contribution in [2.45, 2.75) is 13.1 Å². The van der Waals surface area contributed by atoms with Crippen LogP contribution in [-0.4, -0.2) is 32.6 Å². The molecule has 0 fully saturated rings. The van der Waals surface area contributed by atoms with Crippen molar-refractivity contribution in [3.8, 4) is 0 Å². The van der Waals surface area contributed by atoms with E-state index in [0.29, 0.717) is 17.6 Å². The molecule has 7 nitrogen and oxygen atoms in total. The van der Waals surface area contributed by atoms with E-state index in [4.69, 9.17) is 0 Å². The van der Waals surface area contributed by atoms with E-state index in [-0.39, 0.29) is 12.1 Å². The molecule has 0 unspecified atom stereocenters. The summed E-state index contributed by atoms with van der Waals surface area (Å²) in [4.78, 5) is 29.0. The number of hydrogen-bond donors (Lipinski definition) is 3. The number of amides is 1. The van der Waals surface area contributed by atoms with Crippen molar-refractivity contribution < 1.29 is 14.8 Å². The van der Waals surface area contributed by atoms with Crippen LogP contribution in [0.25, 0.3) is 0 Å². The van der Waals surface area contributed by atoms with E-state index < -0.39 is 18.6 Å². The lowest BCUT2D eigenvalue weighted by Gasteiger charge is -2.09. The number of carbonyl (C=O) groups is 1. The summed E-state index contributed by atoms with van der Waals surface area (Å²) in [6, 6.07) is 13.3. The third kappa shape index (κ3) is 4.69. The molecule has 0 atom stereocenters. The van der Waals surface area contributed by atoms with Gasteiger partial charge in [-0.3, -0.25) is 14.6 Å². The van der Waals surface area contributed by atoms with Crippen molar-refractivity contribution in [2.75, 3.05) is 0 Å². The molecular formula is C19H18BN3O4. The molecule has 136 valence electrons. The van der Waals surface area contributed by atoms with Crippen molar-refractivity contribution in [3.05, 3.63) is 94.2 Å². The summed E-state index contributed by atoms with van der Waals surface area (Å²) >= 11 is 0. The Kier molecular flexibility index (Phi) is 5.80. The number of carbonyl (C=O) groups excluding carboxylic acids is 1. The van der Waals surface area contributed by atoms with Gasteiger partial charge >= 0.3 is 7.12 Å². The molecule has 8 heteroatoms. The van der Waals surface area contributed by atoms with Gasteiger partial charge in [-0.2, -0.15) is 0 Å². The van der Waals surface area contributed by atoms with Gasteiger partial charge in [0.25, 0.3) is 11.5 Å². The Bertz CT molecular complexity index is 989. The predicted octanol–water partition coefficient (Wildman–Crippen LogP) is -0.0986. The quantitative estimate of drug-likeness (QED) is 0.531. The molecule has 2 heterocycles. The largest absolute Gasteiger partial charge is 0.488 e. The molecule has 0 saturated heterocycles. The molecule has 1 aromatic carbocycles. The fourth-order valence-corrected chi connectivity index (χ4v) is 2.66. The molecular weight excluding hydrogens is 345 g/mol. The van der Waals surface area contributed by atoms with Gasteiger partial charge in [-0.05, 0) is 34.8 Å². The van der Waals surface area contributed by atoms with Gasteiger partial charge < -0.3 is 19.9 Å². The molecule has 27 heavy (non-hydrogen) atoms. The summed E-state index contributed by atoms with van der Waals surface area (Å²) in [5, 5.41) is 21.1. The maximum Gasteiger partial charge on any atom is 0.488 e. The van der Waals surface area contributed by atoms with Crippen LogP contribution in [0.15, 0.2) is 71.9 Å². The van der Waals surface area contributed by atoms with Crippen LogP contribution < -0.4 is 16.3 Å². The second-order valence-corrected chi connectivity index (χ2v) is 6.02. The minimum atomic E-state index is -1.57. The normalized spacial score (nSPS) is 10.4. The van der Waals surface area contributed by atoms with E-state index in [0.717, 1.165) is 5.56 Å². The molecule has 0 radical (unpaired) electrons. The summed E-state index contributed by atoms with van der Waals surface area (Å²) < 4.78 is 1.45. The Morgan fingerprint density at radius 3 is 2.67 bits per heavy atom. The molecule has 3 rings (SSSR count). The first-order valence-corrected chi connectivity index (χ1v) is 8.36. The smallest absolute Gasteiger partial charge is 0.423 e. The monoisotopic (exact) mass is 363 g/mol. The van der Waals surface area contributed by atoms with Crippen LogP contribution in [0.4, 0.5) is 0 Å². The molecule has 0 spiro atoms. The number of pyridine rings is 2. The highest BCUT2D eigenvalue weighted by Gasteiger charge is 2.14. The van der Waals surface area contributed by atoms with Crippen LogP contribution in [0.5, 0.6) is 0 Å². The Morgan fingerprint density at radius 1 is 1.11 bits per heavy atom. The highest BCUT2D eigenvalue weighted by molar-refractivity contribution is 6.58. The lowest BCUT2D eigenvalue weighted by molar-refractivity contribution is 0.0949. The zero-order valence-corrected chi connectivity index (χ0v) is 14.4. The molecule has 2 aromatic heterocycles. The minimum absolute atomic E-state index is 0.0414. The summed E-state index contributed by atoms with van der Waals surface area (Å²) in [6.45, 7) is 0.487. The average Bonchev–Trinajstić information content (AvgIpc) is 2.69. The Morgan fingerprint density at radius 2 is 1.93 bits per heavy atom. The molecule has 3 N–H and O–H groups in total. The molecule has 1 amide bonds. The van der Waals surface area contributed by atoms with Crippen LogP contribution in [0.3, 0.4) is 0 Å². The van der Waals surface area contributed by atoms with Crippen molar-refractivity contribution in [1.29, 1.82) is 0 Å². The maximum absolute atomic E-state index is 12.6. The number of benzene rings is 1. The number of rotatable bonds is 6. The standard InChI is InChI=1S/C19H18BN3O4/c24-18(22-12-14-4-1-6-16(10-14)20(26)27)17-7-3-9-23(19(17)25)13-15-5-2-8-21-11-15/h1-11,26-27H,12-13H2,(H,22,24). The van der Waals surface area contributed by atoms with Gasteiger partial charge in [-0.15, -0.1) is 0 Å². The van der Waals surface area contributed by atoms with E-state index >= 15 is 0 Å². The second-order valence-electron chi connectivity index (χ2n) is 6.02. The van der Waals surface area contributed by atoms with Crippen LogP contribution in [-0.2, 0) is 13.1 Å². The first-order chi connectivity index (χ1) is 13.0. The lowest BCUT2D eigenvalue weighted by atomic mass is 9.79. The van der Waals surface area contributed by atoms with E-state index in [9.17, 15) is 19.6 Å². The summed E-state index contributed by atoms with van der Waals surface area (Å²) in [6.07, 6.45) is 4.95. The first-order valence-electron chi connectivity index (χ1n) is 8.36. The van der Waals surface area contributed by atoms with Gasteiger partial charge in [-0.1, -0.05) is 30.3 Å². The first kappa shape index (κ1) is 18.6. The van der Waals surface area contributed by atoms with Gasteiger partial charge in [0.1, 0.15) is 5.56 Å². The Hall–Kier alpha value is -3.23. The molecule has 0 aliphatic rings. The van der Waals surface area contributed by atoms with Gasteiger partial charge in [0.2, 0.25) is 0 Å². The van der Waals surface area contributed by atoms with Crippen molar-refractivity contribution in [3.63, 3.8) is 0 Å². The number of hydrogen-bond acceptors (Lipinski definition) is 5. The van der Waals surface area contributed by atoms with Crippen molar-refractivity contribution in [1.82, 2.24) is 14.9 Å². The molecule has 0 saturated carbocycles. The van der Waals surface area contributed by atoms with Gasteiger partial charge in [0.15, 0.2) is 0 Å². The van der Waals surface area contributed by atoms with E-state index in [1.165, 1.54) is 10.6 Å². The Balaban J connectivity index is 1.73. The van der Waals surface area contributed by atoms with Crippen LogP contribution in [0, 0.1) is 0 Å². The predicted molar refractivity (Wildman–Crippen MR) is 101 cm³/mol. The lowest BCUT2D eigenvalue weighted by Crippen LogP contribution is -2.33. The molecule has 3 aromatic rings. The average molecular weight is 363 g/mol. The molecule has 0 bridgehead atoms. The van der Waals surface area contributed by atoms with Gasteiger partial charge in [-0.25, -0.2) is 0 Å². The van der Waals surface area contributed by atoms with Crippen LogP contribution in [0.1, 0.15) is 21.5 Å². The van der Waals surface area contributed by atoms with E-state index in [1.807, 2.05) is 6.07 Å². The third-order valence-electron chi connectivity index (χ3n) is 4.04. The van der Waals surface area contributed by atoms with Gasteiger partial charge in [0.05, 0.1) is 6.54 Å². The second kappa shape index (κ2) is 8.44. The zero-order valence-electron chi connectivity index (χ0n) is 14.4. The maximum atomic E-state index is 12.6. The minimum Gasteiger partial charge on any atom is -0.423 e. The van der Waals surface area contributed by atoms with Gasteiger partial charge in [0, 0.05) is 25.1 Å². The van der Waals surface area contributed by atoms with Crippen LogP contribution >= 0.6 is 0 Å². The van der Waals surface area contributed by atoms with Crippen molar-refractivity contribution in [2.24, 2.45) is 0 Å². The highest BCUT2D eigenvalue weighted by atomic mass is 16.4. The highest BCUT2D eigenvalue weighted by Crippen LogP contribution is 2.01. The summed E-state index contributed by atoms with van der Waals surface area (Å²) in [5.41, 5.74) is 1.54. The summed E-state index contributed by atoms with van der Waals surface area (Å²) in [7, 11) is -1.57. The van der Waals surface area contributed by atoms with E-state index in [2.05, 4.69) is 10.3 Å². The van der Waals surface area contributed by atoms with E-state index in [1.54, 1.807) is 55.0 Å². The van der Waals surface area contributed by atoms with Crippen LogP contribution in [0.2, 0.25) is 0 Å². The third-order valence-corrected chi connectivity index (χ3v) is 4.04. The molecule has 0 aliphatic carbocycles. The topological polar surface area (TPSA) is 104 Å². The summed E-state index contributed by atoms with van der Waals surface area (Å²) in [5.74, 6) is -0.490.